The predicted octanol–water partition coefficient (Wildman–Crippen LogP) is 4.49. The number of likely N-dealkylation sites (N-methyl/N-ethyl adjacent to an activating group) is 1. The van der Waals surface area contributed by atoms with Crippen LogP contribution in [0.1, 0.15) is 29.8 Å². The van der Waals surface area contributed by atoms with Crippen molar-refractivity contribution in [1.82, 2.24) is 9.80 Å². The number of nitrogens with one attached hydrogen (secondary N) is 1. The zero-order chi connectivity index (χ0) is 28.2. The summed E-state index contributed by atoms with van der Waals surface area (Å²) >= 11 is 5.90. The first kappa shape index (κ1) is 28.9. The number of aliphatic hydroxyl groups excluding tert-OH is 1. The Morgan fingerprint density at radius 2 is 1.82 bits per heavy atom. The summed E-state index contributed by atoms with van der Waals surface area (Å²) in [5, 5.41) is 10.3. The van der Waals surface area contributed by atoms with Gasteiger partial charge in [0, 0.05) is 36.3 Å². The number of carbonyl (C=O) groups excluding carboxylic acids is 1. The summed E-state index contributed by atoms with van der Waals surface area (Å²) < 4.78 is 34.9. The van der Waals surface area contributed by atoms with Gasteiger partial charge >= 0.3 is 0 Å². The third-order valence-electron chi connectivity index (χ3n) is 6.83. The summed E-state index contributed by atoms with van der Waals surface area (Å²) in [7, 11) is -1.89. The number of halogens is 1. The van der Waals surface area contributed by atoms with Gasteiger partial charge in [0.1, 0.15) is 11.9 Å². The van der Waals surface area contributed by atoms with Crippen LogP contribution in [0.5, 0.6) is 5.75 Å². The van der Waals surface area contributed by atoms with E-state index in [1.165, 1.54) is 35.9 Å². The summed E-state index contributed by atoms with van der Waals surface area (Å²) in [5.41, 5.74) is 1.64. The van der Waals surface area contributed by atoms with Crippen LogP contribution in [0.4, 0.5) is 5.69 Å². The highest BCUT2D eigenvalue weighted by atomic mass is 35.5. The van der Waals surface area contributed by atoms with Crippen molar-refractivity contribution in [3.05, 3.63) is 88.9 Å². The summed E-state index contributed by atoms with van der Waals surface area (Å²) in [6.45, 7) is 5.35. The van der Waals surface area contributed by atoms with Gasteiger partial charge in [0.15, 0.2) is 0 Å². The first-order valence-electron chi connectivity index (χ1n) is 12.8. The van der Waals surface area contributed by atoms with E-state index in [1.54, 1.807) is 24.0 Å². The normalized spacial score (nSPS) is 18.6. The number of carbonyl (C=O) groups is 1. The molecule has 8 nitrogen and oxygen atoms in total. The molecular formula is C29H34ClN3O5S. The highest BCUT2D eigenvalue weighted by Gasteiger charge is 2.33. The van der Waals surface area contributed by atoms with Crippen LogP contribution in [0.2, 0.25) is 5.02 Å². The zero-order valence-corrected chi connectivity index (χ0v) is 23.8. The van der Waals surface area contributed by atoms with Gasteiger partial charge in [-0.2, -0.15) is 0 Å². The fourth-order valence-corrected chi connectivity index (χ4v) is 5.77. The van der Waals surface area contributed by atoms with Crippen LogP contribution in [0.15, 0.2) is 77.7 Å². The smallest absolute Gasteiger partial charge is 0.261 e. The number of anilines is 1. The number of ether oxygens (including phenoxy) is 1. The first-order valence-corrected chi connectivity index (χ1v) is 14.7. The average molecular weight is 572 g/mol. The third-order valence-corrected chi connectivity index (χ3v) is 8.48. The van der Waals surface area contributed by atoms with Gasteiger partial charge in [0.2, 0.25) is 0 Å². The van der Waals surface area contributed by atoms with E-state index in [2.05, 4.69) is 21.8 Å². The van der Waals surface area contributed by atoms with E-state index in [-0.39, 0.29) is 40.7 Å². The lowest BCUT2D eigenvalue weighted by atomic mass is 9.99. The van der Waals surface area contributed by atoms with Gasteiger partial charge in [-0.25, -0.2) is 8.42 Å². The van der Waals surface area contributed by atoms with Crippen LogP contribution in [0.3, 0.4) is 0 Å². The summed E-state index contributed by atoms with van der Waals surface area (Å²) in [4.78, 5) is 17.5. The number of sulfonamides is 1. The molecule has 1 amide bonds. The van der Waals surface area contributed by atoms with Crippen LogP contribution in [0, 0.1) is 5.92 Å². The Bertz CT molecular complexity index is 1390. The maximum absolute atomic E-state index is 13.7. The van der Waals surface area contributed by atoms with Gasteiger partial charge in [-0.05, 0) is 62.0 Å². The Kier molecular flexibility index (Phi) is 9.17. The van der Waals surface area contributed by atoms with Crippen molar-refractivity contribution in [3.63, 3.8) is 0 Å². The van der Waals surface area contributed by atoms with Gasteiger partial charge < -0.3 is 14.7 Å². The van der Waals surface area contributed by atoms with Crippen molar-refractivity contribution >= 4 is 33.2 Å². The first-order chi connectivity index (χ1) is 18.6. The molecule has 1 heterocycles. The second kappa shape index (κ2) is 12.4. The van der Waals surface area contributed by atoms with Crippen LogP contribution < -0.4 is 9.46 Å². The molecule has 39 heavy (non-hydrogen) atoms. The second-order valence-corrected chi connectivity index (χ2v) is 12.2. The Labute approximate surface area is 235 Å². The minimum absolute atomic E-state index is 0.0302. The Morgan fingerprint density at radius 3 is 2.49 bits per heavy atom. The van der Waals surface area contributed by atoms with Gasteiger partial charge in [0.05, 0.1) is 23.1 Å². The van der Waals surface area contributed by atoms with Crippen LogP contribution in [-0.2, 0) is 16.6 Å². The highest BCUT2D eigenvalue weighted by molar-refractivity contribution is 7.92. The molecule has 3 aromatic rings. The molecule has 0 radical (unpaired) electrons. The Hall–Kier alpha value is -3.11. The lowest BCUT2D eigenvalue weighted by molar-refractivity contribution is 0.0341. The molecule has 0 aromatic heterocycles. The van der Waals surface area contributed by atoms with Crippen molar-refractivity contribution in [2.75, 3.05) is 31.5 Å². The number of nitrogens with zero attached hydrogens (tertiary/aromatic N) is 2. The standard InChI is InChI=1S/C29H34ClN3O5S/c1-20-16-33(21(2)19-34)29(35)26-15-24(31-39(36,37)25-12-9-23(30)10-13-25)11-14-27(26)38-28(20)18-32(3)17-22-7-5-4-6-8-22/h4-15,20-21,28,31,34H,16-19H2,1-3H3/t20-,21-,28+/m0/s1. The molecule has 1 aliphatic rings. The average Bonchev–Trinajstić information content (AvgIpc) is 2.91. The van der Waals surface area contributed by atoms with Crippen molar-refractivity contribution in [2.45, 2.75) is 37.4 Å². The number of benzene rings is 3. The number of aliphatic hydroxyl groups is 1. The van der Waals surface area contributed by atoms with Crippen molar-refractivity contribution in [3.8, 4) is 5.75 Å². The molecule has 3 atom stereocenters. The molecule has 208 valence electrons. The molecule has 10 heteroatoms. The summed E-state index contributed by atoms with van der Waals surface area (Å²) in [6.07, 6.45) is -0.254. The summed E-state index contributed by atoms with van der Waals surface area (Å²) in [5.74, 6) is 0.00804. The number of amides is 1. The maximum atomic E-state index is 13.7. The zero-order valence-electron chi connectivity index (χ0n) is 22.2. The molecule has 0 aliphatic carbocycles. The van der Waals surface area contributed by atoms with Crippen LogP contribution in [0.25, 0.3) is 0 Å². The molecule has 0 saturated carbocycles. The van der Waals surface area contributed by atoms with E-state index in [0.717, 1.165) is 6.54 Å². The lowest BCUT2D eigenvalue weighted by Crippen LogP contribution is -2.49. The fraction of sp³-hybridized carbons (Fsp3) is 0.345. The van der Waals surface area contributed by atoms with Crippen LogP contribution in [-0.4, -0.2) is 68.1 Å². The highest BCUT2D eigenvalue weighted by Crippen LogP contribution is 2.31. The van der Waals surface area contributed by atoms with Crippen LogP contribution >= 0.6 is 11.6 Å². The molecule has 4 rings (SSSR count). The van der Waals surface area contributed by atoms with Crippen molar-refractivity contribution in [1.29, 1.82) is 0 Å². The molecule has 0 fully saturated rings. The number of rotatable bonds is 9. The van der Waals surface area contributed by atoms with E-state index < -0.39 is 16.1 Å². The topological polar surface area (TPSA) is 99.2 Å². The number of hydrogen-bond acceptors (Lipinski definition) is 6. The van der Waals surface area contributed by atoms with Gasteiger partial charge in [0.25, 0.3) is 15.9 Å². The van der Waals surface area contributed by atoms with E-state index in [0.29, 0.717) is 23.9 Å². The molecule has 0 spiro atoms. The van der Waals surface area contributed by atoms with E-state index in [9.17, 15) is 18.3 Å². The number of hydrogen-bond donors (Lipinski definition) is 2. The van der Waals surface area contributed by atoms with Gasteiger partial charge in [-0.15, -0.1) is 0 Å². The molecule has 0 saturated heterocycles. The van der Waals surface area contributed by atoms with E-state index in [1.807, 2.05) is 32.2 Å². The van der Waals surface area contributed by atoms with Crippen molar-refractivity contribution < 1.29 is 23.1 Å². The molecule has 3 aromatic carbocycles. The Morgan fingerprint density at radius 1 is 1.13 bits per heavy atom. The fourth-order valence-electron chi connectivity index (χ4n) is 4.60. The molecule has 2 N–H and O–H groups in total. The minimum Gasteiger partial charge on any atom is -0.488 e. The van der Waals surface area contributed by atoms with E-state index >= 15 is 0 Å². The van der Waals surface area contributed by atoms with Crippen molar-refractivity contribution in [2.24, 2.45) is 5.92 Å². The van der Waals surface area contributed by atoms with Gasteiger partial charge in [-0.3, -0.25) is 14.4 Å². The SMILES string of the molecule is C[C@H]1CN([C@@H](C)CO)C(=O)c2cc(NS(=O)(=O)c3ccc(Cl)cc3)ccc2O[C@@H]1CN(C)Cc1ccccc1. The molecule has 0 unspecified atom stereocenters. The van der Waals surface area contributed by atoms with E-state index in [4.69, 9.17) is 16.3 Å². The maximum Gasteiger partial charge on any atom is 0.261 e. The Balaban J connectivity index is 1.63. The molecular weight excluding hydrogens is 538 g/mol. The summed E-state index contributed by atoms with van der Waals surface area (Å²) in [6, 6.07) is 20.2. The quantitative estimate of drug-likeness (QED) is 0.392. The minimum atomic E-state index is -3.91. The number of fused-ring (bicyclic) bond motifs is 1. The largest absolute Gasteiger partial charge is 0.488 e. The second-order valence-electron chi connectivity index (χ2n) is 10.1. The monoisotopic (exact) mass is 571 g/mol. The molecule has 1 aliphatic heterocycles. The predicted molar refractivity (Wildman–Crippen MR) is 153 cm³/mol. The lowest BCUT2D eigenvalue weighted by Gasteiger charge is -2.38. The van der Waals surface area contributed by atoms with Gasteiger partial charge in [-0.1, -0.05) is 48.9 Å². The molecule has 0 bridgehead atoms. The third kappa shape index (κ3) is 7.10.